The minimum Gasteiger partial charge on any atom is -0.463 e. The third-order valence-corrected chi connectivity index (χ3v) is 12.8. The summed E-state index contributed by atoms with van der Waals surface area (Å²) < 4.78 is 77.6. The van der Waals surface area contributed by atoms with E-state index >= 15 is 0 Å². The normalized spacial score (nSPS) is 12.3. The average molecular weight is 1170 g/mol. The zero-order valence-electron chi connectivity index (χ0n) is 51.4. The molecule has 0 aliphatic heterocycles. The molecule has 1 atom stereocenters. The van der Waals surface area contributed by atoms with Gasteiger partial charge in [0.2, 0.25) is 0 Å². The second-order valence-corrected chi connectivity index (χ2v) is 20.1. The number of rotatable bonds is 70. The first-order valence-corrected chi connectivity index (χ1v) is 31.9. The van der Waals surface area contributed by atoms with Gasteiger partial charge >= 0.3 is 11.9 Å². The lowest BCUT2D eigenvalue weighted by Gasteiger charge is -2.23. The molecule has 18 nitrogen and oxygen atoms in total. The molecular weight excluding hydrogens is 1040 g/mol. The molecule has 0 bridgehead atoms. The molecule has 2 N–H and O–H groups in total. The number of carbonyl (C=O) groups is 2. The Morgan fingerprint density at radius 1 is 0.333 bits per heavy atom. The van der Waals surface area contributed by atoms with Gasteiger partial charge in [0.1, 0.15) is 19.3 Å². The molecule has 0 aliphatic carbocycles. The van der Waals surface area contributed by atoms with Crippen LogP contribution in [-0.2, 0) is 75.9 Å². The molecule has 0 aromatic heterocycles. The monoisotopic (exact) mass is 1160 g/mol. The summed E-state index contributed by atoms with van der Waals surface area (Å²) in [7, 11) is 0. The van der Waals surface area contributed by atoms with Crippen LogP contribution in [0.25, 0.3) is 0 Å². The number of allylic oxidation sites excluding steroid dienone is 4. The molecule has 0 rings (SSSR count). The molecule has 0 fully saturated rings. The third kappa shape index (κ3) is 66.9. The predicted octanol–water partition coefficient (Wildman–Crippen LogP) is 11.0. The number of ether oxygens (including phenoxy) is 14. The maximum atomic E-state index is 12.7. The summed E-state index contributed by atoms with van der Waals surface area (Å²) in [4.78, 5) is 25.5. The van der Waals surface area contributed by atoms with Crippen molar-refractivity contribution in [2.45, 2.75) is 206 Å². The van der Waals surface area contributed by atoms with Crippen LogP contribution in [-0.4, -0.2) is 200 Å². The summed E-state index contributed by atoms with van der Waals surface area (Å²) in [5, 5.41) is 18.7. The summed E-state index contributed by atoms with van der Waals surface area (Å²) in [6.07, 6.45) is 38.8. The summed E-state index contributed by atoms with van der Waals surface area (Å²) in [5.74, 6) is -0.656. The highest BCUT2D eigenvalue weighted by molar-refractivity contribution is 5.69. The van der Waals surface area contributed by atoms with Crippen LogP contribution in [0.4, 0.5) is 0 Å². The van der Waals surface area contributed by atoms with Crippen molar-refractivity contribution in [3.8, 4) is 0 Å². The Labute approximate surface area is 491 Å². The van der Waals surface area contributed by atoms with Crippen LogP contribution in [0, 0.1) is 0 Å². The van der Waals surface area contributed by atoms with Crippen LogP contribution >= 0.6 is 0 Å². The maximum absolute atomic E-state index is 12.7. The van der Waals surface area contributed by atoms with Crippen LogP contribution in [0.1, 0.15) is 194 Å². The lowest BCUT2D eigenvalue weighted by molar-refractivity contribution is -0.213. The fraction of sp³-hybridized carbons (Fsp3) is 0.905. The van der Waals surface area contributed by atoms with Gasteiger partial charge in [0.25, 0.3) is 0 Å². The average Bonchev–Trinajstić information content (AvgIpc) is 3.47. The van der Waals surface area contributed by atoms with Crippen molar-refractivity contribution in [3.05, 3.63) is 24.3 Å². The van der Waals surface area contributed by atoms with Crippen molar-refractivity contribution in [1.82, 2.24) is 0 Å². The first kappa shape index (κ1) is 78.9. The van der Waals surface area contributed by atoms with Gasteiger partial charge in [0.15, 0.2) is 6.29 Å². The van der Waals surface area contributed by atoms with E-state index in [1.54, 1.807) is 0 Å². The highest BCUT2D eigenvalue weighted by atomic mass is 16.7. The Hall–Kier alpha value is -2.14. The molecule has 81 heavy (non-hydrogen) atoms. The molecule has 0 aliphatic rings. The van der Waals surface area contributed by atoms with E-state index in [1.807, 2.05) is 0 Å². The second-order valence-electron chi connectivity index (χ2n) is 20.1. The highest BCUT2D eigenvalue weighted by Crippen LogP contribution is 2.14. The Bertz CT molecular complexity index is 1240. The molecule has 0 saturated carbocycles. The molecule has 0 spiro atoms. The van der Waals surface area contributed by atoms with E-state index in [9.17, 15) is 14.7 Å². The lowest BCUT2D eigenvalue weighted by atomic mass is 10.1. The number of hydrogen-bond acceptors (Lipinski definition) is 18. The van der Waals surface area contributed by atoms with Gasteiger partial charge in [-0.25, -0.2) is 0 Å². The summed E-state index contributed by atoms with van der Waals surface area (Å²) in [6, 6.07) is 0. The number of unbranched alkanes of at least 4 members (excludes halogenated alkanes) is 22. The predicted molar refractivity (Wildman–Crippen MR) is 318 cm³/mol. The number of esters is 2. The van der Waals surface area contributed by atoms with E-state index in [0.717, 1.165) is 77.0 Å². The largest absolute Gasteiger partial charge is 0.463 e. The van der Waals surface area contributed by atoms with Crippen molar-refractivity contribution < 1.29 is 86.1 Å². The van der Waals surface area contributed by atoms with Gasteiger partial charge in [-0.2, -0.15) is 0 Å². The van der Waals surface area contributed by atoms with Gasteiger partial charge in [-0.3, -0.25) is 9.59 Å². The molecular formula is C63H120O18. The quantitative estimate of drug-likeness (QED) is 0.0251. The fourth-order valence-electron chi connectivity index (χ4n) is 8.06. The molecule has 0 amide bonds. The van der Waals surface area contributed by atoms with E-state index in [0.29, 0.717) is 138 Å². The van der Waals surface area contributed by atoms with Crippen molar-refractivity contribution in [3.63, 3.8) is 0 Å². The zero-order chi connectivity index (χ0) is 58.5. The second kappa shape index (κ2) is 70.3. The molecule has 0 aromatic rings. The van der Waals surface area contributed by atoms with E-state index in [1.165, 1.54) is 89.9 Å². The molecule has 480 valence electrons. The highest BCUT2D eigenvalue weighted by Gasteiger charge is 2.21. The Kier molecular flexibility index (Phi) is 68.5. The number of aliphatic hydroxyl groups excluding tert-OH is 2. The number of carbonyl (C=O) groups excluding carboxylic acids is 2. The van der Waals surface area contributed by atoms with E-state index < -0.39 is 19.0 Å². The van der Waals surface area contributed by atoms with Gasteiger partial charge in [-0.05, 0) is 64.2 Å². The van der Waals surface area contributed by atoms with E-state index in [4.69, 9.17) is 71.4 Å². The topological polar surface area (TPSA) is 204 Å². The number of aliphatic hydroxyl groups is 2. The lowest BCUT2D eigenvalue weighted by Crippen LogP contribution is -2.35. The van der Waals surface area contributed by atoms with E-state index in [2.05, 4.69) is 38.2 Å². The minimum atomic E-state index is -1.03. The smallest absolute Gasteiger partial charge is 0.305 e. The molecule has 18 heteroatoms. The number of hydrogen-bond donors (Lipinski definition) is 2. The SMILES string of the molecule is CCCCCCCC/C=C\CCCCCCCC(=O)OCC(COC(=O)CCCCCCC/C=C\CCCCCCCC)OC(CO)OCCOCCOCCOCCOCCOCCOCCOCCOCCOCCOCCO. The summed E-state index contributed by atoms with van der Waals surface area (Å²) >= 11 is 0. The van der Waals surface area contributed by atoms with Crippen LogP contribution in [0.5, 0.6) is 0 Å². The molecule has 0 saturated heterocycles. The third-order valence-electron chi connectivity index (χ3n) is 12.8. The van der Waals surface area contributed by atoms with Crippen LogP contribution in [0.2, 0.25) is 0 Å². The van der Waals surface area contributed by atoms with Crippen LogP contribution in [0.15, 0.2) is 24.3 Å². The van der Waals surface area contributed by atoms with Crippen molar-refractivity contribution in [2.75, 3.05) is 165 Å². The molecule has 0 aromatic carbocycles. The van der Waals surface area contributed by atoms with Gasteiger partial charge in [-0.1, -0.05) is 141 Å². The minimum absolute atomic E-state index is 0.0129. The maximum Gasteiger partial charge on any atom is 0.305 e. The first-order chi connectivity index (χ1) is 40.1. The van der Waals surface area contributed by atoms with E-state index in [-0.39, 0.29) is 45.0 Å². The van der Waals surface area contributed by atoms with Gasteiger partial charge in [0, 0.05) is 12.8 Å². The van der Waals surface area contributed by atoms with Gasteiger partial charge < -0.3 is 76.5 Å². The van der Waals surface area contributed by atoms with Crippen molar-refractivity contribution in [2.24, 2.45) is 0 Å². The first-order valence-electron chi connectivity index (χ1n) is 31.9. The standard InChI is InChI=1S/C63H120O18/c1-3-5-7-9-11-13-15-17-19-21-23-25-27-29-31-33-61(66)79-58-60(59-80-62(67)34-32-30-28-26-24-22-20-18-16-14-12-10-8-6-4-2)81-63(57-65)78-56-55-77-54-53-76-52-51-75-50-49-74-48-47-73-46-45-72-44-43-71-42-41-70-40-39-69-38-37-68-36-35-64/h17-20,60,63-65H,3-16,21-59H2,1-2H3/b19-17-,20-18-. The molecule has 0 radical (unpaired) electrons. The molecule has 0 heterocycles. The summed E-state index contributed by atoms with van der Waals surface area (Å²) in [5.41, 5.74) is 0. The summed E-state index contributed by atoms with van der Waals surface area (Å²) in [6.45, 7) is 12.7. The van der Waals surface area contributed by atoms with Gasteiger partial charge in [-0.15, -0.1) is 0 Å². The van der Waals surface area contributed by atoms with Crippen molar-refractivity contribution in [1.29, 1.82) is 0 Å². The molecule has 1 unspecified atom stereocenters. The Morgan fingerprint density at radius 2 is 0.593 bits per heavy atom. The van der Waals surface area contributed by atoms with Gasteiger partial charge in [0.05, 0.1) is 152 Å². The Balaban J connectivity index is 4.22. The van der Waals surface area contributed by atoms with Crippen LogP contribution < -0.4 is 0 Å². The van der Waals surface area contributed by atoms with Crippen molar-refractivity contribution >= 4 is 11.9 Å². The Morgan fingerprint density at radius 3 is 0.877 bits per heavy atom. The zero-order valence-corrected chi connectivity index (χ0v) is 51.4. The fourth-order valence-corrected chi connectivity index (χ4v) is 8.06. The van der Waals surface area contributed by atoms with Crippen LogP contribution in [0.3, 0.4) is 0 Å².